The molecule has 0 unspecified atom stereocenters. The number of benzene rings is 2. The SMILES string of the molecule is CC(C)(C)c1ccc(C(=O)NNC(=O)COc2ccc(Br)cc2)cc1Br. The van der Waals surface area contributed by atoms with E-state index in [9.17, 15) is 9.59 Å². The molecule has 0 aliphatic rings. The Balaban J connectivity index is 1.87. The van der Waals surface area contributed by atoms with E-state index in [1.54, 1.807) is 24.3 Å². The highest BCUT2D eigenvalue weighted by Crippen LogP contribution is 2.30. The highest BCUT2D eigenvalue weighted by molar-refractivity contribution is 9.10. The van der Waals surface area contributed by atoms with Gasteiger partial charge in [0.25, 0.3) is 11.8 Å². The Hall–Kier alpha value is -1.86. The lowest BCUT2D eigenvalue weighted by Crippen LogP contribution is -2.43. The van der Waals surface area contributed by atoms with E-state index in [1.807, 2.05) is 18.2 Å². The third-order valence-corrected chi connectivity index (χ3v) is 4.72. The van der Waals surface area contributed by atoms with Crippen molar-refractivity contribution in [2.75, 3.05) is 6.61 Å². The molecule has 0 bridgehead atoms. The van der Waals surface area contributed by atoms with Crippen LogP contribution in [0.15, 0.2) is 51.4 Å². The van der Waals surface area contributed by atoms with Gasteiger partial charge in [0.2, 0.25) is 0 Å². The lowest BCUT2D eigenvalue weighted by molar-refractivity contribution is -0.123. The molecule has 0 heterocycles. The van der Waals surface area contributed by atoms with Gasteiger partial charge in [-0.1, -0.05) is 58.7 Å². The molecule has 2 rings (SSSR count). The number of carbonyl (C=O) groups excluding carboxylic acids is 2. The molecular formula is C19H20Br2N2O3. The summed E-state index contributed by atoms with van der Waals surface area (Å²) < 4.78 is 7.11. The van der Waals surface area contributed by atoms with E-state index in [0.29, 0.717) is 11.3 Å². The second-order valence-corrected chi connectivity index (χ2v) is 8.46. The molecule has 7 heteroatoms. The first-order chi connectivity index (χ1) is 12.2. The first-order valence-corrected chi connectivity index (χ1v) is 9.53. The van der Waals surface area contributed by atoms with E-state index in [1.165, 1.54) is 0 Å². The highest BCUT2D eigenvalue weighted by atomic mass is 79.9. The smallest absolute Gasteiger partial charge is 0.276 e. The fourth-order valence-corrected chi connectivity index (χ4v) is 3.42. The first kappa shape index (κ1) is 20.5. The van der Waals surface area contributed by atoms with Gasteiger partial charge in [0.1, 0.15) is 5.75 Å². The summed E-state index contributed by atoms with van der Waals surface area (Å²) in [5, 5.41) is 0. The van der Waals surface area contributed by atoms with E-state index < -0.39 is 11.8 Å². The van der Waals surface area contributed by atoms with Crippen LogP contribution in [0.2, 0.25) is 0 Å². The lowest BCUT2D eigenvalue weighted by atomic mass is 9.86. The Morgan fingerprint density at radius 2 is 1.65 bits per heavy atom. The molecule has 2 aromatic rings. The molecule has 0 radical (unpaired) electrons. The van der Waals surface area contributed by atoms with E-state index in [0.717, 1.165) is 14.5 Å². The molecule has 0 aliphatic heterocycles. The minimum atomic E-state index is -0.452. The Morgan fingerprint density at radius 1 is 1.00 bits per heavy atom. The van der Waals surface area contributed by atoms with Gasteiger partial charge in [-0.25, -0.2) is 0 Å². The van der Waals surface area contributed by atoms with Crippen LogP contribution in [0.4, 0.5) is 0 Å². The Kier molecular flexibility index (Phi) is 6.83. The quantitative estimate of drug-likeness (QED) is 0.635. The number of hydrazine groups is 1. The van der Waals surface area contributed by atoms with Gasteiger partial charge >= 0.3 is 0 Å². The largest absolute Gasteiger partial charge is 0.484 e. The van der Waals surface area contributed by atoms with Crippen molar-refractivity contribution in [1.29, 1.82) is 0 Å². The molecule has 2 N–H and O–H groups in total. The maximum atomic E-state index is 12.2. The zero-order valence-corrected chi connectivity index (χ0v) is 17.9. The number of hydrogen-bond donors (Lipinski definition) is 2. The maximum Gasteiger partial charge on any atom is 0.276 e. The number of amides is 2. The molecule has 0 fully saturated rings. The van der Waals surface area contributed by atoms with Crippen LogP contribution in [-0.2, 0) is 10.2 Å². The van der Waals surface area contributed by atoms with Gasteiger partial charge in [-0.3, -0.25) is 20.4 Å². The van der Waals surface area contributed by atoms with Gasteiger partial charge in [-0.05, 0) is 47.4 Å². The molecule has 0 saturated carbocycles. The van der Waals surface area contributed by atoms with E-state index >= 15 is 0 Å². The summed E-state index contributed by atoms with van der Waals surface area (Å²) in [6.45, 7) is 6.09. The Bertz CT molecular complexity index is 799. The van der Waals surface area contributed by atoms with Crippen LogP contribution < -0.4 is 15.6 Å². The first-order valence-electron chi connectivity index (χ1n) is 7.94. The number of hydrogen-bond acceptors (Lipinski definition) is 3. The van der Waals surface area contributed by atoms with Crippen molar-refractivity contribution < 1.29 is 14.3 Å². The van der Waals surface area contributed by atoms with E-state index in [4.69, 9.17) is 4.74 Å². The minimum Gasteiger partial charge on any atom is -0.484 e. The summed E-state index contributed by atoms with van der Waals surface area (Å²) in [7, 11) is 0. The molecule has 0 aromatic heterocycles. The Morgan fingerprint density at radius 3 is 2.23 bits per heavy atom. The maximum absolute atomic E-state index is 12.2. The molecule has 0 spiro atoms. The number of rotatable bonds is 4. The Labute approximate surface area is 169 Å². The molecular weight excluding hydrogens is 464 g/mol. The number of ether oxygens (including phenoxy) is 1. The minimum absolute atomic E-state index is 0.0353. The summed E-state index contributed by atoms with van der Waals surface area (Å²) in [4.78, 5) is 24.0. The van der Waals surface area contributed by atoms with Crippen molar-refractivity contribution in [1.82, 2.24) is 10.9 Å². The van der Waals surface area contributed by atoms with Crippen LogP contribution >= 0.6 is 31.9 Å². The van der Waals surface area contributed by atoms with Crippen molar-refractivity contribution in [2.24, 2.45) is 0 Å². The van der Waals surface area contributed by atoms with Crippen molar-refractivity contribution in [3.8, 4) is 5.75 Å². The molecule has 0 aliphatic carbocycles. The average Bonchev–Trinajstić information content (AvgIpc) is 2.58. The van der Waals surface area contributed by atoms with E-state index in [2.05, 4.69) is 63.5 Å². The summed E-state index contributed by atoms with van der Waals surface area (Å²) in [5.74, 6) is -0.286. The monoisotopic (exact) mass is 482 g/mol. The third-order valence-electron chi connectivity index (χ3n) is 3.54. The van der Waals surface area contributed by atoms with Gasteiger partial charge in [-0.2, -0.15) is 0 Å². The molecule has 0 atom stereocenters. The van der Waals surface area contributed by atoms with Crippen LogP contribution in [0.5, 0.6) is 5.75 Å². The zero-order valence-electron chi connectivity index (χ0n) is 14.7. The van der Waals surface area contributed by atoms with Crippen LogP contribution in [-0.4, -0.2) is 18.4 Å². The number of halogens is 2. The molecule has 2 aromatic carbocycles. The van der Waals surface area contributed by atoms with Crippen molar-refractivity contribution in [3.05, 3.63) is 62.5 Å². The van der Waals surface area contributed by atoms with Gasteiger partial charge in [0.05, 0.1) is 0 Å². The number of carbonyl (C=O) groups is 2. The molecule has 0 saturated heterocycles. The second-order valence-electron chi connectivity index (χ2n) is 6.69. The predicted molar refractivity (Wildman–Crippen MR) is 108 cm³/mol. The van der Waals surface area contributed by atoms with E-state index in [-0.39, 0.29) is 12.0 Å². The lowest BCUT2D eigenvalue weighted by Gasteiger charge is -2.21. The highest BCUT2D eigenvalue weighted by Gasteiger charge is 2.18. The predicted octanol–water partition coefficient (Wildman–Crippen LogP) is 4.35. The second kappa shape index (κ2) is 8.68. The fourth-order valence-electron chi connectivity index (χ4n) is 2.18. The fraction of sp³-hybridized carbons (Fsp3) is 0.263. The topological polar surface area (TPSA) is 67.4 Å². The summed E-state index contributed by atoms with van der Waals surface area (Å²) in [6, 6.07) is 12.5. The molecule has 26 heavy (non-hydrogen) atoms. The van der Waals surface area contributed by atoms with Crippen molar-refractivity contribution >= 4 is 43.7 Å². The zero-order chi connectivity index (χ0) is 19.3. The van der Waals surface area contributed by atoms with Crippen molar-refractivity contribution in [2.45, 2.75) is 26.2 Å². The van der Waals surface area contributed by atoms with Crippen LogP contribution in [0.1, 0.15) is 36.7 Å². The normalized spacial score (nSPS) is 11.0. The average molecular weight is 484 g/mol. The standard InChI is InChI=1S/C19H20Br2N2O3/c1-19(2,3)15-9-4-12(10-16(15)21)18(25)23-22-17(24)11-26-14-7-5-13(20)6-8-14/h4-10H,11H2,1-3H3,(H,22,24)(H,23,25). The molecule has 138 valence electrons. The molecule has 5 nitrogen and oxygen atoms in total. The van der Waals surface area contributed by atoms with Gasteiger partial charge < -0.3 is 4.74 Å². The molecule has 2 amide bonds. The van der Waals surface area contributed by atoms with Crippen molar-refractivity contribution in [3.63, 3.8) is 0 Å². The van der Waals surface area contributed by atoms with Crippen LogP contribution in [0.3, 0.4) is 0 Å². The van der Waals surface area contributed by atoms with Gasteiger partial charge in [-0.15, -0.1) is 0 Å². The number of nitrogens with one attached hydrogen (secondary N) is 2. The van der Waals surface area contributed by atoms with Crippen LogP contribution in [0.25, 0.3) is 0 Å². The van der Waals surface area contributed by atoms with Gasteiger partial charge in [0.15, 0.2) is 6.61 Å². The van der Waals surface area contributed by atoms with Gasteiger partial charge in [0, 0.05) is 14.5 Å². The summed E-state index contributed by atoms with van der Waals surface area (Å²) in [6.07, 6.45) is 0. The summed E-state index contributed by atoms with van der Waals surface area (Å²) in [5.41, 5.74) is 6.23. The summed E-state index contributed by atoms with van der Waals surface area (Å²) >= 11 is 6.82. The van der Waals surface area contributed by atoms with Crippen LogP contribution in [0, 0.1) is 0 Å². The third kappa shape index (κ3) is 5.85.